The van der Waals surface area contributed by atoms with E-state index in [0.29, 0.717) is 24.4 Å². The molecule has 0 spiro atoms. The average molecular weight is 221 g/mol. The number of hydrogen-bond donors (Lipinski definition) is 1. The fraction of sp³-hybridized carbons (Fsp3) is 0.333. The first-order valence-electron chi connectivity index (χ1n) is 5.19. The Hall–Kier alpha value is -1.68. The molecule has 0 saturated carbocycles. The molecule has 86 valence electrons. The van der Waals surface area contributed by atoms with Crippen LogP contribution in [0.15, 0.2) is 24.3 Å². The van der Waals surface area contributed by atoms with Crippen molar-refractivity contribution >= 4 is 12.0 Å². The van der Waals surface area contributed by atoms with E-state index in [-0.39, 0.29) is 6.61 Å². The van der Waals surface area contributed by atoms with Crippen molar-refractivity contribution < 1.29 is 14.6 Å². The van der Waals surface area contributed by atoms with E-state index in [1.807, 2.05) is 0 Å². The average Bonchev–Trinajstić information content (AvgIpc) is 2.30. The zero-order valence-corrected chi connectivity index (χ0v) is 9.22. The molecule has 0 fully saturated rings. The van der Waals surface area contributed by atoms with Gasteiger partial charge in [0.1, 0.15) is 5.69 Å². The van der Waals surface area contributed by atoms with Crippen LogP contribution in [0.1, 0.15) is 29.5 Å². The molecule has 4 heteroatoms. The highest BCUT2D eigenvalue weighted by atomic mass is 16.5. The van der Waals surface area contributed by atoms with Gasteiger partial charge in [0.25, 0.3) is 0 Å². The number of aliphatic hydroxyl groups is 1. The maximum absolute atomic E-state index is 11.4. The predicted molar refractivity (Wildman–Crippen MR) is 60.9 cm³/mol. The predicted octanol–water partition coefficient (Wildman–Crippen LogP) is 1.65. The number of rotatable bonds is 5. The Bertz CT molecular complexity index is 374. The van der Waals surface area contributed by atoms with Crippen molar-refractivity contribution in [1.82, 2.24) is 4.98 Å². The van der Waals surface area contributed by atoms with Crippen LogP contribution in [-0.4, -0.2) is 29.3 Å². The number of carbonyl (C=O) groups excluding carboxylic acids is 1. The van der Waals surface area contributed by atoms with Gasteiger partial charge in [-0.2, -0.15) is 0 Å². The molecule has 0 radical (unpaired) electrons. The lowest BCUT2D eigenvalue weighted by Crippen LogP contribution is -2.07. The summed E-state index contributed by atoms with van der Waals surface area (Å²) in [6.07, 6.45) is 4.14. The molecule has 0 atom stereocenters. The first-order chi connectivity index (χ1) is 7.77. The molecule has 0 aromatic carbocycles. The maximum atomic E-state index is 11.4. The molecule has 1 aromatic rings. The van der Waals surface area contributed by atoms with Crippen molar-refractivity contribution in [1.29, 1.82) is 0 Å². The lowest BCUT2D eigenvalue weighted by atomic mass is 10.2. The summed E-state index contributed by atoms with van der Waals surface area (Å²) in [7, 11) is 0. The van der Waals surface area contributed by atoms with Crippen molar-refractivity contribution in [2.24, 2.45) is 0 Å². The molecule has 1 heterocycles. The molecule has 1 aromatic heterocycles. The summed E-state index contributed by atoms with van der Waals surface area (Å²) in [5, 5.41) is 8.61. The Morgan fingerprint density at radius 1 is 1.56 bits per heavy atom. The number of carbonyl (C=O) groups is 1. The monoisotopic (exact) mass is 221 g/mol. The smallest absolute Gasteiger partial charge is 0.356 e. The minimum absolute atomic E-state index is 0.105. The van der Waals surface area contributed by atoms with Crippen LogP contribution in [0.25, 0.3) is 6.08 Å². The van der Waals surface area contributed by atoms with E-state index in [2.05, 4.69) is 4.98 Å². The zero-order chi connectivity index (χ0) is 11.8. The molecule has 1 N–H and O–H groups in total. The Balaban J connectivity index is 2.74. The molecule has 0 aliphatic heterocycles. The second kappa shape index (κ2) is 6.74. The normalized spacial score (nSPS) is 10.6. The maximum Gasteiger partial charge on any atom is 0.356 e. The highest BCUT2D eigenvalue weighted by molar-refractivity contribution is 5.87. The van der Waals surface area contributed by atoms with Gasteiger partial charge >= 0.3 is 5.97 Å². The number of aromatic nitrogens is 1. The number of hydrogen-bond acceptors (Lipinski definition) is 4. The molecule has 4 nitrogen and oxygen atoms in total. The minimum atomic E-state index is -0.417. The summed E-state index contributed by atoms with van der Waals surface area (Å²) >= 11 is 0. The van der Waals surface area contributed by atoms with Gasteiger partial charge in [0, 0.05) is 6.61 Å². The number of nitrogens with zero attached hydrogens (tertiary/aromatic N) is 1. The van der Waals surface area contributed by atoms with Gasteiger partial charge in [0.2, 0.25) is 0 Å². The van der Waals surface area contributed by atoms with Crippen molar-refractivity contribution in [3.05, 3.63) is 35.7 Å². The fourth-order valence-corrected chi connectivity index (χ4v) is 1.14. The van der Waals surface area contributed by atoms with Crippen LogP contribution >= 0.6 is 0 Å². The summed E-state index contributed by atoms with van der Waals surface area (Å²) in [6, 6.07) is 5.15. The SMILES string of the molecule is CCOC(=O)c1cccc(C=CCCO)n1. The number of pyridine rings is 1. The van der Waals surface area contributed by atoms with E-state index in [4.69, 9.17) is 9.84 Å². The first-order valence-corrected chi connectivity index (χ1v) is 5.19. The molecule has 1 rings (SSSR count). The van der Waals surface area contributed by atoms with Crippen LogP contribution in [-0.2, 0) is 4.74 Å². The molecule has 16 heavy (non-hydrogen) atoms. The van der Waals surface area contributed by atoms with Crippen molar-refractivity contribution in [2.45, 2.75) is 13.3 Å². The van der Waals surface area contributed by atoms with Crippen LogP contribution in [0.2, 0.25) is 0 Å². The molecule has 0 unspecified atom stereocenters. The van der Waals surface area contributed by atoms with Crippen molar-refractivity contribution in [3.63, 3.8) is 0 Å². The second-order valence-corrected chi connectivity index (χ2v) is 3.08. The number of aliphatic hydroxyl groups excluding tert-OH is 1. The fourth-order valence-electron chi connectivity index (χ4n) is 1.14. The third kappa shape index (κ3) is 3.82. The summed E-state index contributed by atoms with van der Waals surface area (Å²) in [5.74, 6) is -0.417. The Kier molecular flexibility index (Phi) is 5.22. The summed E-state index contributed by atoms with van der Waals surface area (Å²) in [5.41, 5.74) is 0.979. The van der Waals surface area contributed by atoms with E-state index < -0.39 is 5.97 Å². The molecule has 0 bridgehead atoms. The van der Waals surface area contributed by atoms with Gasteiger partial charge in [-0.3, -0.25) is 0 Å². The van der Waals surface area contributed by atoms with Crippen LogP contribution < -0.4 is 0 Å². The Labute approximate surface area is 94.6 Å². The van der Waals surface area contributed by atoms with Crippen LogP contribution in [0.5, 0.6) is 0 Å². The van der Waals surface area contributed by atoms with E-state index >= 15 is 0 Å². The largest absolute Gasteiger partial charge is 0.461 e. The molecule has 0 aliphatic carbocycles. The first kappa shape index (κ1) is 12.4. The third-order valence-electron chi connectivity index (χ3n) is 1.84. The molecular formula is C12H15NO3. The van der Waals surface area contributed by atoms with Crippen molar-refractivity contribution in [2.75, 3.05) is 13.2 Å². The number of ether oxygens (including phenoxy) is 1. The Morgan fingerprint density at radius 3 is 3.06 bits per heavy atom. The lowest BCUT2D eigenvalue weighted by molar-refractivity contribution is 0.0519. The van der Waals surface area contributed by atoms with Crippen LogP contribution in [0, 0.1) is 0 Å². The number of esters is 1. The van der Waals surface area contributed by atoms with Gasteiger partial charge in [-0.05, 0) is 31.6 Å². The zero-order valence-electron chi connectivity index (χ0n) is 9.22. The van der Waals surface area contributed by atoms with Gasteiger partial charge < -0.3 is 9.84 Å². The van der Waals surface area contributed by atoms with E-state index in [0.717, 1.165) is 0 Å². The minimum Gasteiger partial charge on any atom is -0.461 e. The highest BCUT2D eigenvalue weighted by Crippen LogP contribution is 2.03. The van der Waals surface area contributed by atoms with Gasteiger partial charge in [0.05, 0.1) is 12.3 Å². The van der Waals surface area contributed by atoms with Crippen LogP contribution in [0.3, 0.4) is 0 Å². The quantitative estimate of drug-likeness (QED) is 0.768. The van der Waals surface area contributed by atoms with Gasteiger partial charge in [0.15, 0.2) is 0 Å². The lowest BCUT2D eigenvalue weighted by Gasteiger charge is -2.01. The standard InChI is InChI=1S/C12H15NO3/c1-2-16-12(15)11-8-5-7-10(13-11)6-3-4-9-14/h3,5-8,14H,2,4,9H2,1H3. The molecule has 0 amide bonds. The second-order valence-electron chi connectivity index (χ2n) is 3.08. The topological polar surface area (TPSA) is 59.4 Å². The molecule has 0 aliphatic rings. The molecule has 0 saturated heterocycles. The highest BCUT2D eigenvalue weighted by Gasteiger charge is 2.07. The molecular weight excluding hydrogens is 206 g/mol. The van der Waals surface area contributed by atoms with E-state index in [1.54, 1.807) is 37.3 Å². The summed E-state index contributed by atoms with van der Waals surface area (Å²) < 4.78 is 4.84. The third-order valence-corrected chi connectivity index (χ3v) is 1.84. The Morgan fingerprint density at radius 2 is 2.38 bits per heavy atom. The van der Waals surface area contributed by atoms with E-state index in [1.165, 1.54) is 0 Å². The van der Waals surface area contributed by atoms with Crippen LogP contribution in [0.4, 0.5) is 0 Å². The summed E-state index contributed by atoms with van der Waals surface area (Å²) in [4.78, 5) is 15.5. The van der Waals surface area contributed by atoms with Gasteiger partial charge in [-0.25, -0.2) is 9.78 Å². The van der Waals surface area contributed by atoms with E-state index in [9.17, 15) is 4.79 Å². The van der Waals surface area contributed by atoms with Gasteiger partial charge in [-0.1, -0.05) is 12.1 Å². The van der Waals surface area contributed by atoms with Gasteiger partial charge in [-0.15, -0.1) is 0 Å². The van der Waals surface area contributed by atoms with Crippen molar-refractivity contribution in [3.8, 4) is 0 Å². The summed E-state index contributed by atoms with van der Waals surface area (Å²) in [6.45, 7) is 2.20.